The third-order valence-electron chi connectivity index (χ3n) is 3.33. The Morgan fingerprint density at radius 1 is 1.24 bits per heavy atom. The summed E-state index contributed by atoms with van der Waals surface area (Å²) in [4.78, 5) is 0. The molecule has 0 N–H and O–H groups in total. The van der Waals surface area contributed by atoms with Crippen molar-refractivity contribution < 1.29 is 18.9 Å². The SMILES string of the molecule is COCCOCO[C@@H]1CCCO[C@@H]1C[Se]c1ccccc1. The van der Waals surface area contributed by atoms with E-state index in [4.69, 9.17) is 18.9 Å². The second-order valence-corrected chi connectivity index (χ2v) is 7.19. The monoisotopic (exact) mass is 360 g/mol. The van der Waals surface area contributed by atoms with Crippen LogP contribution < -0.4 is 4.46 Å². The Bertz CT molecular complexity index is 374. The van der Waals surface area contributed by atoms with Gasteiger partial charge >= 0.3 is 133 Å². The molecule has 21 heavy (non-hydrogen) atoms. The summed E-state index contributed by atoms with van der Waals surface area (Å²) in [7, 11) is 1.67. The molecule has 2 rings (SSSR count). The van der Waals surface area contributed by atoms with E-state index < -0.39 is 0 Å². The van der Waals surface area contributed by atoms with E-state index in [0.29, 0.717) is 35.0 Å². The minimum atomic E-state index is 0.159. The molecule has 1 aliphatic rings. The first-order chi connectivity index (χ1) is 10.4. The van der Waals surface area contributed by atoms with Crippen LogP contribution in [0.4, 0.5) is 0 Å². The second-order valence-electron chi connectivity index (χ2n) is 4.90. The zero-order valence-corrected chi connectivity index (χ0v) is 14.2. The summed E-state index contributed by atoms with van der Waals surface area (Å²) < 4.78 is 23.5. The number of hydrogen-bond donors (Lipinski definition) is 0. The van der Waals surface area contributed by atoms with Gasteiger partial charge in [0.25, 0.3) is 0 Å². The van der Waals surface area contributed by atoms with Gasteiger partial charge in [-0.3, -0.25) is 0 Å². The van der Waals surface area contributed by atoms with Crippen molar-refractivity contribution in [3.8, 4) is 0 Å². The van der Waals surface area contributed by atoms with Crippen LogP contribution in [-0.4, -0.2) is 60.9 Å². The molecule has 0 spiro atoms. The van der Waals surface area contributed by atoms with Crippen LogP contribution >= 0.6 is 0 Å². The Labute approximate surface area is 133 Å². The van der Waals surface area contributed by atoms with Crippen molar-refractivity contribution in [2.75, 3.05) is 33.7 Å². The normalized spacial score (nSPS) is 22.3. The summed E-state index contributed by atoms with van der Waals surface area (Å²) in [5.74, 6) is 0. The molecule has 2 atom stereocenters. The van der Waals surface area contributed by atoms with Crippen molar-refractivity contribution in [1.29, 1.82) is 0 Å². The number of hydrogen-bond acceptors (Lipinski definition) is 4. The second kappa shape index (κ2) is 10.3. The summed E-state index contributed by atoms with van der Waals surface area (Å²) in [6.45, 7) is 2.35. The molecule has 0 bridgehead atoms. The predicted octanol–water partition coefficient (Wildman–Crippen LogP) is 1.62. The average molecular weight is 359 g/mol. The molecule has 118 valence electrons. The molecule has 1 saturated heterocycles. The molecule has 1 fully saturated rings. The number of benzene rings is 1. The molecule has 1 aliphatic heterocycles. The van der Waals surface area contributed by atoms with Gasteiger partial charge in [0, 0.05) is 0 Å². The van der Waals surface area contributed by atoms with Crippen LogP contribution in [0.3, 0.4) is 0 Å². The molecule has 5 heteroatoms. The number of ether oxygens (including phenoxy) is 4. The zero-order chi connectivity index (χ0) is 14.8. The molecular formula is C16H24O4Se. The van der Waals surface area contributed by atoms with Crippen LogP contribution in [0.1, 0.15) is 12.8 Å². The fourth-order valence-corrected chi connectivity index (χ4v) is 4.32. The van der Waals surface area contributed by atoms with Crippen LogP contribution in [0.25, 0.3) is 0 Å². The molecule has 0 radical (unpaired) electrons. The van der Waals surface area contributed by atoms with Gasteiger partial charge in [-0.2, -0.15) is 0 Å². The van der Waals surface area contributed by atoms with Crippen molar-refractivity contribution >= 4 is 19.4 Å². The van der Waals surface area contributed by atoms with E-state index >= 15 is 0 Å². The molecule has 4 nitrogen and oxygen atoms in total. The van der Waals surface area contributed by atoms with Crippen molar-refractivity contribution in [2.45, 2.75) is 30.4 Å². The molecule has 0 saturated carbocycles. The van der Waals surface area contributed by atoms with Gasteiger partial charge in [0.2, 0.25) is 0 Å². The van der Waals surface area contributed by atoms with Crippen LogP contribution in [0.5, 0.6) is 0 Å². The maximum absolute atomic E-state index is 5.90. The van der Waals surface area contributed by atoms with Gasteiger partial charge in [0.15, 0.2) is 0 Å². The predicted molar refractivity (Wildman–Crippen MR) is 83.2 cm³/mol. The summed E-state index contributed by atoms with van der Waals surface area (Å²) in [5.41, 5.74) is 0. The van der Waals surface area contributed by atoms with Crippen LogP contribution in [0, 0.1) is 0 Å². The van der Waals surface area contributed by atoms with Crippen LogP contribution in [0.2, 0.25) is 5.32 Å². The Morgan fingerprint density at radius 3 is 2.90 bits per heavy atom. The molecule has 0 aromatic heterocycles. The Kier molecular flexibility index (Phi) is 8.33. The van der Waals surface area contributed by atoms with Gasteiger partial charge in [-0.25, -0.2) is 0 Å². The van der Waals surface area contributed by atoms with E-state index in [9.17, 15) is 0 Å². The first-order valence-corrected chi connectivity index (χ1v) is 9.44. The quantitative estimate of drug-likeness (QED) is 0.382. The Hall–Kier alpha value is -0.421. The third-order valence-corrected chi connectivity index (χ3v) is 5.64. The number of methoxy groups -OCH3 is 1. The average Bonchev–Trinajstić information content (AvgIpc) is 2.55. The molecule has 0 aliphatic carbocycles. The summed E-state index contributed by atoms with van der Waals surface area (Å²) in [6, 6.07) is 10.6. The van der Waals surface area contributed by atoms with E-state index in [1.54, 1.807) is 7.11 Å². The summed E-state index contributed by atoms with van der Waals surface area (Å²) >= 11 is 0.432. The van der Waals surface area contributed by atoms with E-state index in [2.05, 4.69) is 30.3 Å². The zero-order valence-electron chi connectivity index (χ0n) is 12.5. The van der Waals surface area contributed by atoms with E-state index in [0.717, 1.165) is 24.8 Å². The van der Waals surface area contributed by atoms with Crippen molar-refractivity contribution in [3.05, 3.63) is 30.3 Å². The van der Waals surface area contributed by atoms with E-state index in [1.807, 2.05) is 0 Å². The van der Waals surface area contributed by atoms with Crippen molar-refractivity contribution in [2.24, 2.45) is 0 Å². The molecule has 1 aromatic carbocycles. The molecule has 1 aromatic rings. The van der Waals surface area contributed by atoms with E-state index in [1.165, 1.54) is 4.46 Å². The van der Waals surface area contributed by atoms with E-state index in [-0.39, 0.29) is 12.2 Å². The van der Waals surface area contributed by atoms with Crippen molar-refractivity contribution in [3.63, 3.8) is 0 Å². The van der Waals surface area contributed by atoms with Gasteiger partial charge < -0.3 is 0 Å². The third kappa shape index (κ3) is 6.47. The number of rotatable bonds is 9. The van der Waals surface area contributed by atoms with Crippen LogP contribution in [-0.2, 0) is 18.9 Å². The molecule has 0 amide bonds. The maximum atomic E-state index is 5.90. The molecule has 1 heterocycles. The first-order valence-electron chi connectivity index (χ1n) is 7.38. The van der Waals surface area contributed by atoms with Crippen LogP contribution in [0.15, 0.2) is 30.3 Å². The molecule has 0 unspecified atom stereocenters. The van der Waals surface area contributed by atoms with Crippen molar-refractivity contribution in [1.82, 2.24) is 0 Å². The van der Waals surface area contributed by atoms with Gasteiger partial charge in [0.05, 0.1) is 0 Å². The topological polar surface area (TPSA) is 36.9 Å². The fraction of sp³-hybridized carbons (Fsp3) is 0.625. The summed E-state index contributed by atoms with van der Waals surface area (Å²) in [6.07, 6.45) is 2.48. The summed E-state index contributed by atoms with van der Waals surface area (Å²) in [5, 5.41) is 1.06. The Balaban J connectivity index is 1.71. The van der Waals surface area contributed by atoms with Gasteiger partial charge in [-0.15, -0.1) is 0 Å². The van der Waals surface area contributed by atoms with Gasteiger partial charge in [-0.05, 0) is 0 Å². The first kappa shape index (κ1) is 16.9. The van der Waals surface area contributed by atoms with Gasteiger partial charge in [0.1, 0.15) is 0 Å². The minimum absolute atomic E-state index is 0.159. The standard InChI is InChI=1S/C16H24O4Se/c1-17-10-11-18-13-20-15-8-5-9-19-16(15)12-21-14-6-3-2-4-7-14/h2-4,6-7,15-16H,5,8-13H2,1H3/t15-,16-/m1/s1. The fourth-order valence-electron chi connectivity index (χ4n) is 2.19. The van der Waals surface area contributed by atoms with Gasteiger partial charge in [-0.1, -0.05) is 0 Å². The molecular weight excluding hydrogens is 335 g/mol. The Morgan fingerprint density at radius 2 is 2.10 bits per heavy atom.